The van der Waals surface area contributed by atoms with Crippen molar-refractivity contribution in [3.63, 3.8) is 0 Å². The van der Waals surface area contributed by atoms with E-state index in [1.165, 1.54) is 24.9 Å². The van der Waals surface area contributed by atoms with E-state index in [4.69, 9.17) is 19.2 Å². The van der Waals surface area contributed by atoms with Crippen LogP contribution in [0.3, 0.4) is 0 Å². The van der Waals surface area contributed by atoms with Crippen molar-refractivity contribution in [2.45, 2.75) is 85.2 Å². The number of amides is 1. The summed E-state index contributed by atoms with van der Waals surface area (Å²) in [5.74, 6) is 0.929. The van der Waals surface area contributed by atoms with Gasteiger partial charge < -0.3 is 43.8 Å². The first-order valence-electron chi connectivity index (χ1n) is 21.0. The van der Waals surface area contributed by atoms with Gasteiger partial charge in [0, 0.05) is 68.3 Å². The minimum absolute atomic E-state index is 0.00819. The summed E-state index contributed by atoms with van der Waals surface area (Å²) in [5, 5.41) is 37.9. The van der Waals surface area contributed by atoms with Crippen LogP contribution in [0.5, 0.6) is 23.0 Å². The van der Waals surface area contributed by atoms with Gasteiger partial charge in [0.15, 0.2) is 12.1 Å². The van der Waals surface area contributed by atoms with E-state index < -0.39 is 11.8 Å². The number of phenols is 3. The smallest absolute Gasteiger partial charge is 0.348 e. The van der Waals surface area contributed by atoms with Gasteiger partial charge in [-0.05, 0) is 78.1 Å². The third-order valence-corrected chi connectivity index (χ3v) is 11.2. The van der Waals surface area contributed by atoms with Crippen molar-refractivity contribution < 1.29 is 39.1 Å². The molecule has 332 valence electrons. The molecule has 16 nitrogen and oxygen atoms in total. The van der Waals surface area contributed by atoms with E-state index in [1.807, 2.05) is 40.7 Å². The van der Waals surface area contributed by atoms with Crippen LogP contribution in [0.1, 0.15) is 87.3 Å². The maximum atomic E-state index is 13.3. The van der Waals surface area contributed by atoms with Gasteiger partial charge in [0.05, 0.1) is 41.3 Å². The molecule has 2 aliphatic rings. The lowest BCUT2D eigenvalue weighted by Crippen LogP contribution is -2.37. The lowest BCUT2D eigenvalue weighted by Gasteiger charge is -2.29. The number of hydrogen-bond donors (Lipinski definition) is 4. The van der Waals surface area contributed by atoms with Gasteiger partial charge in [-0.25, -0.2) is 19.4 Å². The van der Waals surface area contributed by atoms with Crippen LogP contribution < -0.4 is 16.0 Å². The van der Waals surface area contributed by atoms with Crippen molar-refractivity contribution in [1.82, 2.24) is 29.2 Å². The lowest BCUT2D eigenvalue weighted by atomic mass is 9.98. The monoisotopic (exact) mass is 862 g/mol. The second-order valence-electron chi connectivity index (χ2n) is 15.3. The Morgan fingerprint density at radius 3 is 2.24 bits per heavy atom. The number of aromatic nitrogens is 5. The van der Waals surface area contributed by atoms with E-state index in [2.05, 4.69) is 10.2 Å². The van der Waals surface area contributed by atoms with Crippen molar-refractivity contribution in [1.29, 1.82) is 0 Å². The number of aryl methyl sites for hydroxylation is 1. The predicted molar refractivity (Wildman–Crippen MR) is 238 cm³/mol. The number of nitrogens with one attached hydrogen (secondary N) is 1. The molecule has 16 heteroatoms. The van der Waals surface area contributed by atoms with Gasteiger partial charge >= 0.3 is 5.69 Å². The number of benzene rings is 3. The van der Waals surface area contributed by atoms with E-state index in [9.17, 15) is 34.5 Å². The molecule has 6 aromatic rings. The molecule has 5 heterocycles. The molecule has 0 bridgehead atoms. The quantitative estimate of drug-likeness (QED) is 0.0969. The molecule has 3 aromatic heterocycles. The summed E-state index contributed by atoms with van der Waals surface area (Å²) in [6, 6.07) is 16.9. The van der Waals surface area contributed by atoms with Gasteiger partial charge in [-0.2, -0.15) is 5.10 Å². The number of carbonyl (C=O) groups excluding carboxylic acids is 2. The van der Waals surface area contributed by atoms with E-state index in [0.717, 1.165) is 53.4 Å². The van der Waals surface area contributed by atoms with Gasteiger partial charge in [0.2, 0.25) is 6.41 Å². The highest BCUT2D eigenvalue weighted by atomic mass is 16.5. The Morgan fingerprint density at radius 2 is 1.62 bits per heavy atom. The Kier molecular flexibility index (Phi) is 14.5. The highest BCUT2D eigenvalue weighted by Crippen LogP contribution is 2.39. The number of hydrogen-bond acceptors (Lipinski definition) is 12. The van der Waals surface area contributed by atoms with E-state index in [0.29, 0.717) is 65.3 Å². The number of fused-ring (bicyclic) bond motifs is 4. The fraction of sp³-hybridized carbons (Fsp3) is 0.362. The molecule has 8 rings (SSSR count). The zero-order valence-corrected chi connectivity index (χ0v) is 36.5. The topological polar surface area (TPSA) is 211 Å². The third kappa shape index (κ3) is 9.22. The molecule has 1 atom stereocenters. The van der Waals surface area contributed by atoms with Crippen molar-refractivity contribution in [2.75, 3.05) is 27.3 Å². The number of pyridine rings is 2. The van der Waals surface area contributed by atoms with Crippen molar-refractivity contribution in [2.24, 2.45) is 0 Å². The SMILES string of the molecule is CC.CC(C)c1cc(-c2n[nH]c(=O)n2-c2ccc(OC3CCN(C=O)CC3)cc2)c(O)cc1O.CCc1c2c(nc3ccc(O)cc13)-c1cc(C(C=O)OC)c(COC)c(=O)n1C2. The summed E-state index contributed by atoms with van der Waals surface area (Å²) >= 11 is 0. The summed E-state index contributed by atoms with van der Waals surface area (Å²) in [7, 11) is 2.94. The molecule has 3 aromatic carbocycles. The van der Waals surface area contributed by atoms with Crippen LogP contribution in [-0.2, 0) is 38.6 Å². The molecule has 0 saturated carbocycles. The number of aromatic hydroxyl groups is 3. The van der Waals surface area contributed by atoms with Crippen LogP contribution in [-0.4, -0.2) is 90.6 Å². The minimum Gasteiger partial charge on any atom is -0.508 e. The molecule has 1 fully saturated rings. The average molecular weight is 863 g/mol. The van der Waals surface area contributed by atoms with Crippen molar-refractivity contribution >= 4 is 23.6 Å². The van der Waals surface area contributed by atoms with Gasteiger partial charge in [0.1, 0.15) is 35.2 Å². The summed E-state index contributed by atoms with van der Waals surface area (Å²) < 4.78 is 19.6. The highest BCUT2D eigenvalue weighted by molar-refractivity contribution is 5.89. The number of aldehydes is 1. The molecular weight excluding hydrogens is 809 g/mol. The zero-order chi connectivity index (χ0) is 45.5. The number of H-pyrrole nitrogens is 1. The number of ether oxygens (including phenoxy) is 3. The number of rotatable bonds is 12. The third-order valence-electron chi connectivity index (χ3n) is 11.2. The van der Waals surface area contributed by atoms with Crippen LogP contribution in [0.15, 0.2) is 70.3 Å². The van der Waals surface area contributed by atoms with Crippen LogP contribution in [0.25, 0.3) is 39.4 Å². The highest BCUT2D eigenvalue weighted by Gasteiger charge is 2.30. The van der Waals surface area contributed by atoms with Crippen LogP contribution in [0, 0.1) is 0 Å². The van der Waals surface area contributed by atoms with Gasteiger partial charge in [-0.15, -0.1) is 0 Å². The number of piperidine rings is 1. The normalized spacial score (nSPS) is 13.7. The number of phenolic OH excluding ortho intramolecular Hbond substituents is 3. The Morgan fingerprint density at radius 1 is 0.905 bits per heavy atom. The first kappa shape index (κ1) is 45.7. The van der Waals surface area contributed by atoms with Crippen molar-refractivity contribution in [3.8, 4) is 51.5 Å². The van der Waals surface area contributed by atoms with Gasteiger partial charge in [-0.1, -0.05) is 34.6 Å². The molecule has 0 spiro atoms. The predicted octanol–water partition coefficient (Wildman–Crippen LogP) is 6.51. The minimum atomic E-state index is -0.856. The standard InChI is InChI=1S/C23H26N4O5.C22H22N2O5.C2H6/c1-14(2)18-11-19(21(30)12-20(18)29)22-24-25-23(31)27(22)15-3-5-16(6-4-15)32-17-7-9-26(13-28)10-8-17;1-4-13-14-7-12(26)5-6-18(14)23-21-16(13)9-24-19(21)8-15(20(10-25)29-3)17(11-28-2)22(24)27;1-2/h3-6,11-14,17,29-30H,7-10H2,1-2H3,(H,25,31);5-8,10,20,26H,4,9,11H2,1-3H3;1-2H3. The number of aromatic amines is 1. The summed E-state index contributed by atoms with van der Waals surface area (Å²) in [6.45, 7) is 11.7. The maximum absolute atomic E-state index is 13.3. The summed E-state index contributed by atoms with van der Waals surface area (Å²) in [5.41, 5.74) is 5.93. The summed E-state index contributed by atoms with van der Waals surface area (Å²) in [6.07, 6.45) is 2.99. The molecule has 1 unspecified atom stereocenters. The molecule has 63 heavy (non-hydrogen) atoms. The second kappa shape index (κ2) is 19.9. The Balaban J connectivity index is 0.000000203. The Labute approximate surface area is 364 Å². The number of carbonyl (C=O) groups is 2. The molecule has 4 N–H and O–H groups in total. The van der Waals surface area contributed by atoms with Crippen molar-refractivity contribution in [3.05, 3.63) is 109 Å². The molecule has 0 aliphatic carbocycles. The Bertz CT molecular complexity index is 2710. The number of likely N-dealkylation sites (tertiary alicyclic amines) is 1. The van der Waals surface area contributed by atoms with Crippen LogP contribution >= 0.6 is 0 Å². The maximum Gasteiger partial charge on any atom is 0.348 e. The molecule has 1 amide bonds. The number of methoxy groups -OCH3 is 2. The van der Waals surface area contributed by atoms with E-state index >= 15 is 0 Å². The zero-order valence-electron chi connectivity index (χ0n) is 36.5. The molecule has 1 saturated heterocycles. The van der Waals surface area contributed by atoms with E-state index in [1.54, 1.807) is 58.0 Å². The van der Waals surface area contributed by atoms with E-state index in [-0.39, 0.29) is 47.3 Å². The van der Waals surface area contributed by atoms with Gasteiger partial charge in [-0.3, -0.25) is 9.59 Å². The average Bonchev–Trinajstić information content (AvgIpc) is 3.85. The summed E-state index contributed by atoms with van der Waals surface area (Å²) in [4.78, 5) is 54.7. The molecule has 2 aliphatic heterocycles. The lowest BCUT2D eigenvalue weighted by molar-refractivity contribution is -0.119. The van der Waals surface area contributed by atoms with Crippen LogP contribution in [0.2, 0.25) is 0 Å². The fourth-order valence-electron chi connectivity index (χ4n) is 8.08. The fourth-order valence-corrected chi connectivity index (χ4v) is 8.08. The largest absolute Gasteiger partial charge is 0.508 e. The van der Waals surface area contributed by atoms with Gasteiger partial charge in [0.25, 0.3) is 5.56 Å². The first-order chi connectivity index (χ1) is 30.4. The second-order valence-corrected chi connectivity index (χ2v) is 15.3. The first-order valence-corrected chi connectivity index (χ1v) is 21.0. The van der Waals surface area contributed by atoms with Crippen LogP contribution in [0.4, 0.5) is 0 Å². The molecule has 0 radical (unpaired) electrons. The Hall–Kier alpha value is -6.78. The molecular formula is C47H54N6O10. The number of nitrogens with zero attached hydrogens (tertiary/aromatic N) is 5.